The standard InChI is InChI=1S/C28H31NO6S2/c1-34-25-15-12-24(13-16-25)21-36-27(17-14-22-8-4-2-5-9-22)26(18-19-37(31,32)33)29-28(30)35-20-23-10-6-3-7-11-23/h2-13,15-16,18-19,26-27H,14,17,20-21H2,1H3,(H,29,30)(H,31,32,33)/b19-18+. The van der Waals surface area contributed by atoms with Crippen molar-refractivity contribution in [2.45, 2.75) is 36.5 Å². The van der Waals surface area contributed by atoms with Crippen molar-refractivity contribution in [1.82, 2.24) is 5.32 Å². The van der Waals surface area contributed by atoms with E-state index < -0.39 is 22.3 Å². The Morgan fingerprint density at radius 3 is 2.16 bits per heavy atom. The Morgan fingerprint density at radius 1 is 0.946 bits per heavy atom. The van der Waals surface area contributed by atoms with E-state index in [2.05, 4.69) is 5.32 Å². The number of hydrogen-bond acceptors (Lipinski definition) is 6. The fourth-order valence-corrected chi connectivity index (χ4v) is 5.21. The number of rotatable bonds is 13. The predicted molar refractivity (Wildman–Crippen MR) is 147 cm³/mol. The van der Waals surface area contributed by atoms with E-state index in [1.807, 2.05) is 84.9 Å². The van der Waals surface area contributed by atoms with Gasteiger partial charge >= 0.3 is 6.09 Å². The molecular weight excluding hydrogens is 510 g/mol. The molecule has 3 rings (SSSR count). The monoisotopic (exact) mass is 541 g/mol. The maximum Gasteiger partial charge on any atom is 0.407 e. The molecule has 0 aliphatic rings. The molecule has 7 nitrogen and oxygen atoms in total. The fourth-order valence-electron chi connectivity index (χ4n) is 3.59. The number of ether oxygens (including phenoxy) is 2. The lowest BCUT2D eigenvalue weighted by Gasteiger charge is -2.25. The largest absolute Gasteiger partial charge is 0.497 e. The molecule has 0 radical (unpaired) electrons. The molecule has 2 unspecified atom stereocenters. The Bertz CT molecular complexity index is 1230. The Morgan fingerprint density at radius 2 is 1.57 bits per heavy atom. The van der Waals surface area contributed by atoms with Crippen LogP contribution in [0, 0.1) is 0 Å². The van der Waals surface area contributed by atoms with Crippen molar-refractivity contribution in [3.05, 3.63) is 113 Å². The zero-order valence-electron chi connectivity index (χ0n) is 20.5. The second kappa shape index (κ2) is 14.5. The zero-order valence-corrected chi connectivity index (χ0v) is 22.2. The number of amides is 1. The number of thioether (sulfide) groups is 1. The molecule has 3 aromatic rings. The normalized spacial score (nSPS) is 13.1. The van der Waals surface area contributed by atoms with Gasteiger partial charge in [0.25, 0.3) is 10.1 Å². The van der Waals surface area contributed by atoms with Crippen LogP contribution in [0.1, 0.15) is 23.1 Å². The van der Waals surface area contributed by atoms with Crippen molar-refractivity contribution in [1.29, 1.82) is 0 Å². The number of alkyl carbamates (subject to hydrolysis) is 1. The molecule has 0 saturated heterocycles. The van der Waals surface area contributed by atoms with Gasteiger partial charge in [-0.1, -0.05) is 72.8 Å². The minimum Gasteiger partial charge on any atom is -0.497 e. The molecule has 2 atom stereocenters. The molecule has 3 aromatic carbocycles. The van der Waals surface area contributed by atoms with Crippen LogP contribution >= 0.6 is 11.8 Å². The predicted octanol–water partition coefficient (Wildman–Crippen LogP) is 5.63. The van der Waals surface area contributed by atoms with E-state index in [4.69, 9.17) is 9.47 Å². The number of carbonyl (C=O) groups excluding carboxylic acids is 1. The lowest BCUT2D eigenvalue weighted by Crippen LogP contribution is -2.41. The average Bonchev–Trinajstić information content (AvgIpc) is 2.91. The van der Waals surface area contributed by atoms with E-state index >= 15 is 0 Å². The molecule has 0 spiro atoms. The van der Waals surface area contributed by atoms with Gasteiger partial charge in [0.15, 0.2) is 0 Å². The summed E-state index contributed by atoms with van der Waals surface area (Å²) in [6.07, 6.45) is 1.99. The summed E-state index contributed by atoms with van der Waals surface area (Å²) >= 11 is 1.58. The number of hydrogen-bond donors (Lipinski definition) is 2. The molecular formula is C28H31NO6S2. The molecule has 0 aliphatic heterocycles. The van der Waals surface area contributed by atoms with E-state index in [1.54, 1.807) is 18.9 Å². The number of benzene rings is 3. The Balaban J connectivity index is 1.76. The first kappa shape index (κ1) is 28.3. The van der Waals surface area contributed by atoms with Crippen molar-refractivity contribution in [3.8, 4) is 5.75 Å². The van der Waals surface area contributed by atoms with Gasteiger partial charge in [-0.15, -0.1) is 0 Å². The van der Waals surface area contributed by atoms with Gasteiger partial charge in [-0.2, -0.15) is 20.2 Å². The second-order valence-corrected chi connectivity index (χ2v) is 10.8. The van der Waals surface area contributed by atoms with Gasteiger partial charge in [0.05, 0.1) is 18.6 Å². The lowest BCUT2D eigenvalue weighted by molar-refractivity contribution is 0.137. The van der Waals surface area contributed by atoms with E-state index in [0.717, 1.165) is 28.9 Å². The molecule has 1 amide bonds. The van der Waals surface area contributed by atoms with Crippen LogP contribution in [-0.2, 0) is 33.6 Å². The Kier molecular flexibility index (Phi) is 11.1. The van der Waals surface area contributed by atoms with Gasteiger partial charge in [0.1, 0.15) is 12.4 Å². The molecule has 0 fully saturated rings. The van der Waals surface area contributed by atoms with Crippen molar-refractivity contribution in [2.24, 2.45) is 0 Å². The highest BCUT2D eigenvalue weighted by Gasteiger charge is 2.23. The average molecular weight is 542 g/mol. The topological polar surface area (TPSA) is 102 Å². The number of nitrogens with one attached hydrogen (secondary N) is 1. The van der Waals surface area contributed by atoms with Crippen LogP contribution in [0.25, 0.3) is 0 Å². The summed E-state index contributed by atoms with van der Waals surface area (Å²) in [7, 11) is -2.77. The first-order chi connectivity index (χ1) is 17.8. The smallest absolute Gasteiger partial charge is 0.407 e. The van der Waals surface area contributed by atoms with E-state index in [0.29, 0.717) is 17.6 Å². The first-order valence-electron chi connectivity index (χ1n) is 11.7. The molecule has 0 aromatic heterocycles. The molecule has 0 bridgehead atoms. The van der Waals surface area contributed by atoms with Crippen molar-refractivity contribution in [2.75, 3.05) is 7.11 Å². The van der Waals surface area contributed by atoms with Gasteiger partial charge in [0, 0.05) is 11.0 Å². The molecule has 0 saturated carbocycles. The van der Waals surface area contributed by atoms with Crippen LogP contribution < -0.4 is 10.1 Å². The van der Waals surface area contributed by atoms with Crippen LogP contribution in [0.4, 0.5) is 4.79 Å². The quantitative estimate of drug-likeness (QED) is 0.271. The summed E-state index contributed by atoms with van der Waals surface area (Å²) in [6.45, 7) is 0.0785. The molecule has 0 heterocycles. The van der Waals surface area contributed by atoms with Crippen molar-refractivity contribution < 1.29 is 27.2 Å². The molecule has 196 valence electrons. The van der Waals surface area contributed by atoms with Crippen LogP contribution in [-0.4, -0.2) is 37.5 Å². The summed E-state index contributed by atoms with van der Waals surface area (Å²) < 4.78 is 42.9. The minimum absolute atomic E-state index is 0.0785. The summed E-state index contributed by atoms with van der Waals surface area (Å²) in [5, 5.41) is 3.28. The number of methoxy groups -OCH3 is 1. The summed E-state index contributed by atoms with van der Waals surface area (Å²) in [5.41, 5.74) is 3.01. The van der Waals surface area contributed by atoms with Crippen LogP contribution in [0.15, 0.2) is 96.4 Å². The molecule has 0 aliphatic carbocycles. The van der Waals surface area contributed by atoms with E-state index in [1.165, 1.54) is 6.08 Å². The van der Waals surface area contributed by atoms with Gasteiger partial charge in [0.2, 0.25) is 0 Å². The van der Waals surface area contributed by atoms with Gasteiger partial charge in [-0.3, -0.25) is 4.55 Å². The third-order valence-electron chi connectivity index (χ3n) is 5.54. The van der Waals surface area contributed by atoms with Gasteiger partial charge in [-0.25, -0.2) is 4.79 Å². The summed E-state index contributed by atoms with van der Waals surface area (Å²) in [4.78, 5) is 12.7. The lowest BCUT2D eigenvalue weighted by atomic mass is 10.0. The highest BCUT2D eigenvalue weighted by molar-refractivity contribution is 7.99. The fraction of sp³-hybridized carbons (Fsp3) is 0.250. The van der Waals surface area contributed by atoms with Crippen LogP contribution in [0.5, 0.6) is 5.75 Å². The summed E-state index contributed by atoms with van der Waals surface area (Å²) in [6, 6.07) is 26.2. The van der Waals surface area contributed by atoms with E-state index in [-0.39, 0.29) is 11.9 Å². The zero-order chi connectivity index (χ0) is 26.5. The molecule has 37 heavy (non-hydrogen) atoms. The van der Waals surface area contributed by atoms with Crippen LogP contribution in [0.3, 0.4) is 0 Å². The number of carbonyl (C=O) groups is 1. The highest BCUT2D eigenvalue weighted by atomic mass is 32.2. The van der Waals surface area contributed by atoms with E-state index in [9.17, 15) is 17.8 Å². The third-order valence-corrected chi connectivity index (χ3v) is 7.50. The number of aryl methyl sites for hydroxylation is 1. The Labute approximate surface area is 222 Å². The third kappa shape index (κ3) is 10.7. The molecule has 2 N–H and O–H groups in total. The summed E-state index contributed by atoms with van der Waals surface area (Å²) in [5.74, 6) is 1.38. The van der Waals surface area contributed by atoms with Gasteiger partial charge in [-0.05, 0) is 47.7 Å². The van der Waals surface area contributed by atoms with Crippen LogP contribution in [0.2, 0.25) is 0 Å². The van der Waals surface area contributed by atoms with Crippen molar-refractivity contribution >= 4 is 28.0 Å². The maximum absolute atomic E-state index is 12.7. The SMILES string of the molecule is COc1ccc(CSC(CCc2ccccc2)C(/C=C/S(=O)(=O)O)NC(=O)OCc2ccccc2)cc1. The Hall–Kier alpha value is -3.27. The second-order valence-electron chi connectivity index (χ2n) is 8.30. The minimum atomic E-state index is -4.38. The molecule has 9 heteroatoms. The van der Waals surface area contributed by atoms with Crippen molar-refractivity contribution in [3.63, 3.8) is 0 Å². The first-order valence-corrected chi connectivity index (χ1v) is 14.3. The maximum atomic E-state index is 12.7. The van der Waals surface area contributed by atoms with Gasteiger partial charge < -0.3 is 14.8 Å². The highest BCUT2D eigenvalue weighted by Crippen LogP contribution is 2.27.